The number of urea groups is 1. The Bertz CT molecular complexity index is 568. The zero-order chi connectivity index (χ0) is 14.5. The number of nitrogens with one attached hydrogen (secondary N) is 1. The number of carbonyl (C=O) groups excluding carboxylic acids is 1. The van der Waals surface area contributed by atoms with Gasteiger partial charge in [-0.15, -0.1) is 11.3 Å². The molecule has 0 unspecified atom stereocenters. The second-order valence-electron chi connectivity index (χ2n) is 4.82. The molecule has 5 heteroatoms. The van der Waals surface area contributed by atoms with E-state index in [0.717, 1.165) is 10.6 Å². The first-order valence-electron chi connectivity index (χ1n) is 6.53. The lowest BCUT2D eigenvalue weighted by Crippen LogP contribution is -2.38. The highest BCUT2D eigenvalue weighted by Crippen LogP contribution is 2.15. The standard InChI is InChI=1S/C15H19N3OS/c1-11-6-4-5-7-13(11)10-18(3)15(19)17-12(2)14-16-8-9-20-14/h4-9,12H,10H2,1-3H3,(H,17,19)/t12-/m1/s1. The van der Waals surface area contributed by atoms with Crippen LogP contribution in [0.3, 0.4) is 0 Å². The van der Waals surface area contributed by atoms with Gasteiger partial charge in [0.1, 0.15) is 5.01 Å². The molecule has 1 N–H and O–H groups in total. The molecule has 20 heavy (non-hydrogen) atoms. The molecule has 0 aliphatic rings. The van der Waals surface area contributed by atoms with Crippen molar-refractivity contribution in [1.29, 1.82) is 0 Å². The molecule has 106 valence electrons. The monoisotopic (exact) mass is 289 g/mol. The van der Waals surface area contributed by atoms with E-state index in [2.05, 4.69) is 23.3 Å². The molecule has 1 heterocycles. The van der Waals surface area contributed by atoms with Crippen molar-refractivity contribution in [3.8, 4) is 0 Å². The fraction of sp³-hybridized carbons (Fsp3) is 0.333. The number of rotatable bonds is 4. The Kier molecular flexibility index (Phi) is 4.74. The molecule has 2 rings (SSSR count). The Morgan fingerprint density at radius 1 is 1.45 bits per heavy atom. The Morgan fingerprint density at radius 3 is 2.85 bits per heavy atom. The van der Waals surface area contributed by atoms with Crippen LogP contribution in [-0.2, 0) is 6.54 Å². The van der Waals surface area contributed by atoms with Crippen molar-refractivity contribution < 1.29 is 4.79 Å². The van der Waals surface area contributed by atoms with Crippen molar-refractivity contribution >= 4 is 17.4 Å². The van der Waals surface area contributed by atoms with Crippen molar-refractivity contribution in [2.45, 2.75) is 26.4 Å². The van der Waals surface area contributed by atoms with Gasteiger partial charge in [-0.05, 0) is 25.0 Å². The Balaban J connectivity index is 1.94. The maximum atomic E-state index is 12.2. The highest BCUT2D eigenvalue weighted by atomic mass is 32.1. The molecule has 0 spiro atoms. The number of aromatic nitrogens is 1. The van der Waals surface area contributed by atoms with E-state index in [-0.39, 0.29) is 12.1 Å². The molecule has 1 aromatic heterocycles. The SMILES string of the molecule is Cc1ccccc1CN(C)C(=O)N[C@H](C)c1nccs1. The molecule has 1 aromatic carbocycles. The van der Waals surface area contributed by atoms with Gasteiger partial charge in [0.2, 0.25) is 0 Å². The van der Waals surface area contributed by atoms with Crippen LogP contribution in [0.4, 0.5) is 4.79 Å². The Hall–Kier alpha value is -1.88. The van der Waals surface area contributed by atoms with Crippen LogP contribution in [0, 0.1) is 6.92 Å². The summed E-state index contributed by atoms with van der Waals surface area (Å²) in [5.41, 5.74) is 2.35. The molecule has 0 bridgehead atoms. The van der Waals surface area contributed by atoms with Gasteiger partial charge in [-0.1, -0.05) is 24.3 Å². The third-order valence-electron chi connectivity index (χ3n) is 3.18. The van der Waals surface area contributed by atoms with Gasteiger partial charge in [-0.3, -0.25) is 0 Å². The maximum Gasteiger partial charge on any atom is 0.317 e. The predicted molar refractivity (Wildman–Crippen MR) is 81.7 cm³/mol. The van der Waals surface area contributed by atoms with Crippen molar-refractivity contribution in [1.82, 2.24) is 15.2 Å². The molecule has 2 aromatic rings. The Labute approximate surface area is 123 Å². The summed E-state index contributed by atoms with van der Waals surface area (Å²) >= 11 is 1.55. The number of aryl methyl sites for hydroxylation is 1. The van der Waals surface area contributed by atoms with Gasteiger partial charge in [0.25, 0.3) is 0 Å². The lowest BCUT2D eigenvalue weighted by molar-refractivity contribution is 0.203. The lowest BCUT2D eigenvalue weighted by atomic mass is 10.1. The van der Waals surface area contributed by atoms with Gasteiger partial charge >= 0.3 is 6.03 Å². The molecular weight excluding hydrogens is 270 g/mol. The summed E-state index contributed by atoms with van der Waals surface area (Å²) in [4.78, 5) is 18.1. The van der Waals surface area contributed by atoms with E-state index in [1.807, 2.05) is 30.5 Å². The van der Waals surface area contributed by atoms with Crippen LogP contribution >= 0.6 is 11.3 Å². The molecular formula is C15H19N3OS. The predicted octanol–water partition coefficient (Wildman–Crippen LogP) is 3.35. The summed E-state index contributed by atoms with van der Waals surface area (Å²) < 4.78 is 0. The van der Waals surface area contributed by atoms with E-state index in [1.54, 1.807) is 29.5 Å². The van der Waals surface area contributed by atoms with E-state index >= 15 is 0 Å². The van der Waals surface area contributed by atoms with E-state index < -0.39 is 0 Å². The van der Waals surface area contributed by atoms with Gasteiger partial charge < -0.3 is 10.2 Å². The molecule has 4 nitrogen and oxygen atoms in total. The summed E-state index contributed by atoms with van der Waals surface area (Å²) in [6.07, 6.45) is 1.75. The number of nitrogens with zero attached hydrogens (tertiary/aromatic N) is 2. The van der Waals surface area contributed by atoms with Gasteiger partial charge in [0.05, 0.1) is 6.04 Å². The summed E-state index contributed by atoms with van der Waals surface area (Å²) in [6.45, 7) is 4.60. The largest absolute Gasteiger partial charge is 0.329 e. The van der Waals surface area contributed by atoms with E-state index in [1.165, 1.54) is 5.56 Å². The van der Waals surface area contributed by atoms with Crippen molar-refractivity contribution in [3.63, 3.8) is 0 Å². The zero-order valence-corrected chi connectivity index (χ0v) is 12.8. The number of amides is 2. The van der Waals surface area contributed by atoms with Crippen LogP contribution in [0.5, 0.6) is 0 Å². The van der Waals surface area contributed by atoms with Crippen LogP contribution in [-0.4, -0.2) is 23.0 Å². The first-order chi connectivity index (χ1) is 9.58. The minimum atomic E-state index is -0.0871. The van der Waals surface area contributed by atoms with Crippen molar-refractivity contribution in [2.75, 3.05) is 7.05 Å². The Morgan fingerprint density at radius 2 is 2.20 bits per heavy atom. The maximum absolute atomic E-state index is 12.2. The average molecular weight is 289 g/mol. The first-order valence-corrected chi connectivity index (χ1v) is 7.41. The second-order valence-corrected chi connectivity index (χ2v) is 5.75. The lowest BCUT2D eigenvalue weighted by Gasteiger charge is -2.21. The molecule has 0 fully saturated rings. The number of hydrogen-bond donors (Lipinski definition) is 1. The van der Waals surface area contributed by atoms with Crippen molar-refractivity contribution in [3.05, 3.63) is 52.0 Å². The minimum Gasteiger partial charge on any atom is -0.329 e. The molecule has 2 amide bonds. The summed E-state index contributed by atoms with van der Waals surface area (Å²) in [5, 5.41) is 5.79. The van der Waals surface area contributed by atoms with Gasteiger partial charge in [-0.25, -0.2) is 9.78 Å². The fourth-order valence-corrected chi connectivity index (χ4v) is 2.57. The number of carbonyl (C=O) groups is 1. The van der Waals surface area contributed by atoms with Gasteiger partial charge in [0, 0.05) is 25.2 Å². The van der Waals surface area contributed by atoms with E-state index in [4.69, 9.17) is 0 Å². The van der Waals surface area contributed by atoms with E-state index in [0.29, 0.717) is 6.54 Å². The zero-order valence-electron chi connectivity index (χ0n) is 12.0. The second kappa shape index (κ2) is 6.52. The third kappa shape index (κ3) is 3.57. The van der Waals surface area contributed by atoms with Crippen LogP contribution in [0.1, 0.15) is 29.1 Å². The van der Waals surface area contributed by atoms with Crippen LogP contribution in [0.25, 0.3) is 0 Å². The molecule has 1 atom stereocenters. The molecule has 0 aliphatic carbocycles. The highest BCUT2D eigenvalue weighted by Gasteiger charge is 2.15. The smallest absolute Gasteiger partial charge is 0.317 e. The van der Waals surface area contributed by atoms with Gasteiger partial charge in [0.15, 0.2) is 0 Å². The quantitative estimate of drug-likeness (QED) is 0.938. The normalized spacial score (nSPS) is 11.9. The van der Waals surface area contributed by atoms with Crippen molar-refractivity contribution in [2.24, 2.45) is 0 Å². The third-order valence-corrected chi connectivity index (χ3v) is 4.14. The molecule has 0 saturated carbocycles. The van der Waals surface area contributed by atoms with Crippen LogP contribution < -0.4 is 5.32 Å². The van der Waals surface area contributed by atoms with Crippen LogP contribution in [0.2, 0.25) is 0 Å². The number of thiazole rings is 1. The van der Waals surface area contributed by atoms with E-state index in [9.17, 15) is 4.79 Å². The molecule has 0 aliphatic heterocycles. The summed E-state index contributed by atoms with van der Waals surface area (Å²) in [5.74, 6) is 0. The fourth-order valence-electron chi connectivity index (χ4n) is 1.92. The number of benzene rings is 1. The first kappa shape index (κ1) is 14.5. The van der Waals surface area contributed by atoms with Gasteiger partial charge in [-0.2, -0.15) is 0 Å². The molecule has 0 saturated heterocycles. The summed E-state index contributed by atoms with van der Waals surface area (Å²) in [7, 11) is 1.80. The van der Waals surface area contributed by atoms with Crippen LogP contribution in [0.15, 0.2) is 35.8 Å². The highest BCUT2D eigenvalue weighted by molar-refractivity contribution is 7.09. The number of hydrogen-bond acceptors (Lipinski definition) is 3. The average Bonchev–Trinajstić information content (AvgIpc) is 2.95. The minimum absolute atomic E-state index is 0.0678. The summed E-state index contributed by atoms with van der Waals surface area (Å²) in [6, 6.07) is 7.94. The molecule has 0 radical (unpaired) electrons. The topological polar surface area (TPSA) is 45.2 Å².